The van der Waals surface area contributed by atoms with Crippen molar-refractivity contribution in [2.45, 2.75) is 137 Å². The minimum absolute atomic E-state index is 0.0148. The Bertz CT molecular complexity index is 826. The number of hydrogen-bond donors (Lipinski definition) is 1. The van der Waals surface area contributed by atoms with E-state index >= 15 is 0 Å². The van der Waals surface area contributed by atoms with Gasteiger partial charge in [-0.25, -0.2) is 0 Å². The highest BCUT2D eigenvalue weighted by Gasteiger charge is 2.17. The van der Waals surface area contributed by atoms with Crippen LogP contribution in [0.2, 0.25) is 0 Å². The molecule has 0 aromatic heterocycles. The molecule has 2 aromatic carbocycles. The zero-order chi connectivity index (χ0) is 25.3. The van der Waals surface area contributed by atoms with Crippen LogP contribution in [0, 0.1) is 0 Å². The molecule has 1 atom stereocenters. The number of aromatic hydroxyl groups is 1. The maximum atomic E-state index is 10.2. The number of ether oxygens (including phenoxy) is 1. The van der Waals surface area contributed by atoms with E-state index in [1.807, 2.05) is 18.2 Å². The molecule has 1 N–H and O–H groups in total. The first-order valence-electron chi connectivity index (χ1n) is 14.7. The van der Waals surface area contributed by atoms with E-state index in [1.54, 1.807) is 17.2 Å². The maximum Gasteiger partial charge on any atom is 0.123 e. The Morgan fingerprint density at radius 2 is 1.20 bits per heavy atom. The molecule has 0 aliphatic rings. The first-order valence-corrected chi connectivity index (χ1v) is 14.7. The van der Waals surface area contributed by atoms with Gasteiger partial charge in [-0.1, -0.05) is 103 Å². The lowest BCUT2D eigenvalue weighted by molar-refractivity contribution is 0.218. The van der Waals surface area contributed by atoms with Crippen LogP contribution in [0.15, 0.2) is 36.4 Å². The summed E-state index contributed by atoms with van der Waals surface area (Å²) in [5.41, 5.74) is 5.57. The lowest BCUT2D eigenvalue weighted by atomic mass is 9.89. The van der Waals surface area contributed by atoms with Crippen LogP contribution >= 0.6 is 0 Å². The Morgan fingerprint density at radius 1 is 0.629 bits per heavy atom. The summed E-state index contributed by atoms with van der Waals surface area (Å²) in [6, 6.07) is 12.2. The molecule has 0 saturated heterocycles. The van der Waals surface area contributed by atoms with Gasteiger partial charge in [0.1, 0.15) is 17.6 Å². The summed E-state index contributed by atoms with van der Waals surface area (Å²) in [5.74, 6) is 1.44. The van der Waals surface area contributed by atoms with Crippen molar-refractivity contribution in [1.29, 1.82) is 0 Å². The minimum Gasteiger partial charge on any atom is -0.508 e. The number of aryl methyl sites for hydroxylation is 1. The molecule has 2 nitrogen and oxygen atoms in total. The summed E-state index contributed by atoms with van der Waals surface area (Å²) >= 11 is 0. The fraction of sp³-hybridized carbons (Fsp3) is 0.636. The van der Waals surface area contributed by atoms with Gasteiger partial charge in [0.05, 0.1) is 0 Å². The van der Waals surface area contributed by atoms with Gasteiger partial charge in [0.15, 0.2) is 0 Å². The van der Waals surface area contributed by atoms with Crippen LogP contribution in [0.1, 0.15) is 127 Å². The first kappa shape index (κ1) is 29.3. The molecule has 35 heavy (non-hydrogen) atoms. The third kappa shape index (κ3) is 10.7. The number of para-hydroxylation sites is 1. The van der Waals surface area contributed by atoms with E-state index in [-0.39, 0.29) is 6.10 Å². The highest BCUT2D eigenvalue weighted by atomic mass is 16.5. The van der Waals surface area contributed by atoms with Crippen LogP contribution in [0.3, 0.4) is 0 Å². The largest absolute Gasteiger partial charge is 0.508 e. The molecule has 2 aromatic rings. The average molecular weight is 481 g/mol. The van der Waals surface area contributed by atoms with Gasteiger partial charge in [-0.3, -0.25) is 0 Å². The van der Waals surface area contributed by atoms with E-state index in [0.29, 0.717) is 12.2 Å². The lowest BCUT2D eigenvalue weighted by Gasteiger charge is -2.23. The molecule has 0 aliphatic heterocycles. The molecule has 0 amide bonds. The number of rotatable bonds is 19. The molecule has 2 rings (SSSR count). The Balaban J connectivity index is 2.27. The molecule has 0 spiro atoms. The summed E-state index contributed by atoms with van der Waals surface area (Å²) in [4.78, 5) is 0. The summed E-state index contributed by atoms with van der Waals surface area (Å²) in [6.07, 6.45) is 19.7. The molecule has 0 heterocycles. The van der Waals surface area contributed by atoms with E-state index in [2.05, 4.69) is 39.8 Å². The third-order valence-electron chi connectivity index (χ3n) is 7.17. The summed E-state index contributed by atoms with van der Waals surface area (Å²) in [7, 11) is 0. The van der Waals surface area contributed by atoms with E-state index in [1.165, 1.54) is 95.5 Å². The van der Waals surface area contributed by atoms with Gasteiger partial charge in [0.25, 0.3) is 0 Å². The standard InChI is InChI=1S/C33H52O2/c1-5-8-11-14-19-28-24-25-33(35-27(4)26-29-20-17-18-23-32(29)34)31(22-16-13-10-7-3)30(28)21-15-12-9-6-2/h17-18,20,23-25,27,34H,5-16,19,21-22,26H2,1-4H3. The van der Waals surface area contributed by atoms with Gasteiger partial charge in [0, 0.05) is 6.42 Å². The highest BCUT2D eigenvalue weighted by molar-refractivity contribution is 5.46. The smallest absolute Gasteiger partial charge is 0.123 e. The second-order valence-electron chi connectivity index (χ2n) is 10.4. The molecule has 0 radical (unpaired) electrons. The Morgan fingerprint density at radius 3 is 1.80 bits per heavy atom. The van der Waals surface area contributed by atoms with Gasteiger partial charge in [0.2, 0.25) is 0 Å². The monoisotopic (exact) mass is 480 g/mol. The Hall–Kier alpha value is -1.96. The van der Waals surface area contributed by atoms with Gasteiger partial charge >= 0.3 is 0 Å². The summed E-state index contributed by atoms with van der Waals surface area (Å²) < 4.78 is 6.62. The van der Waals surface area contributed by atoms with Crippen molar-refractivity contribution in [3.05, 3.63) is 58.7 Å². The molecule has 0 saturated carbocycles. The summed E-state index contributed by atoms with van der Waals surface area (Å²) in [6.45, 7) is 8.99. The van der Waals surface area contributed by atoms with Gasteiger partial charge in [-0.15, -0.1) is 0 Å². The van der Waals surface area contributed by atoms with Crippen LogP contribution in [-0.4, -0.2) is 11.2 Å². The molecule has 2 heteroatoms. The third-order valence-corrected chi connectivity index (χ3v) is 7.17. The number of hydrogen-bond acceptors (Lipinski definition) is 2. The van der Waals surface area contributed by atoms with E-state index < -0.39 is 0 Å². The Kier molecular flexibility index (Phi) is 14.6. The van der Waals surface area contributed by atoms with Gasteiger partial charge in [-0.05, 0) is 79.8 Å². The van der Waals surface area contributed by atoms with Crippen molar-refractivity contribution in [1.82, 2.24) is 0 Å². The van der Waals surface area contributed by atoms with Crippen LogP contribution in [0.25, 0.3) is 0 Å². The van der Waals surface area contributed by atoms with Crippen molar-refractivity contribution in [2.75, 3.05) is 0 Å². The van der Waals surface area contributed by atoms with Crippen molar-refractivity contribution >= 4 is 0 Å². The SMILES string of the molecule is CCCCCCc1ccc(OC(C)Cc2ccccc2O)c(CCCCCC)c1CCCCCC. The van der Waals surface area contributed by atoms with Crippen molar-refractivity contribution in [2.24, 2.45) is 0 Å². The normalized spacial score (nSPS) is 12.1. The zero-order valence-electron chi connectivity index (χ0n) is 23.2. The quantitative estimate of drug-likeness (QED) is 0.203. The van der Waals surface area contributed by atoms with E-state index in [4.69, 9.17) is 4.74 Å². The van der Waals surface area contributed by atoms with E-state index in [9.17, 15) is 5.11 Å². The lowest BCUT2D eigenvalue weighted by Crippen LogP contribution is -2.17. The van der Waals surface area contributed by atoms with Gasteiger partial charge in [-0.2, -0.15) is 0 Å². The topological polar surface area (TPSA) is 29.5 Å². The molecule has 0 aliphatic carbocycles. The minimum atomic E-state index is 0.0148. The number of unbranched alkanes of at least 4 members (excludes halogenated alkanes) is 9. The van der Waals surface area contributed by atoms with Crippen LogP contribution in [0.4, 0.5) is 0 Å². The number of phenolic OH excluding ortho intramolecular Hbond substituents is 1. The fourth-order valence-corrected chi connectivity index (χ4v) is 5.10. The molecule has 196 valence electrons. The van der Waals surface area contributed by atoms with E-state index in [0.717, 1.165) is 17.7 Å². The average Bonchev–Trinajstić information content (AvgIpc) is 2.85. The van der Waals surface area contributed by atoms with Gasteiger partial charge < -0.3 is 9.84 Å². The van der Waals surface area contributed by atoms with Crippen molar-refractivity contribution in [3.8, 4) is 11.5 Å². The predicted octanol–water partition coefficient (Wildman–Crippen LogP) is 9.77. The first-order chi connectivity index (χ1) is 17.1. The number of phenols is 1. The van der Waals surface area contributed by atoms with Crippen molar-refractivity contribution in [3.63, 3.8) is 0 Å². The van der Waals surface area contributed by atoms with Crippen molar-refractivity contribution < 1.29 is 9.84 Å². The molecule has 0 fully saturated rings. The molecular weight excluding hydrogens is 428 g/mol. The van der Waals surface area contributed by atoms with Crippen LogP contribution in [0.5, 0.6) is 11.5 Å². The summed E-state index contributed by atoms with van der Waals surface area (Å²) in [5, 5.41) is 10.2. The molecular formula is C33H52O2. The maximum absolute atomic E-state index is 10.2. The highest BCUT2D eigenvalue weighted by Crippen LogP contribution is 2.32. The Labute approximate surface area is 216 Å². The predicted molar refractivity (Wildman–Crippen MR) is 152 cm³/mol. The van der Waals surface area contributed by atoms with Crippen LogP contribution in [-0.2, 0) is 25.7 Å². The zero-order valence-corrected chi connectivity index (χ0v) is 23.2. The fourth-order valence-electron chi connectivity index (χ4n) is 5.10. The molecule has 1 unspecified atom stereocenters. The second kappa shape index (κ2) is 17.5. The second-order valence-corrected chi connectivity index (χ2v) is 10.4. The number of benzene rings is 2. The van der Waals surface area contributed by atoms with Crippen LogP contribution < -0.4 is 4.74 Å². The molecule has 0 bridgehead atoms.